The number of nitrogens with two attached hydrogens (primary N) is 1. The van der Waals surface area contributed by atoms with Crippen molar-refractivity contribution in [3.63, 3.8) is 0 Å². The lowest BCUT2D eigenvalue weighted by Gasteiger charge is -2.03. The van der Waals surface area contributed by atoms with E-state index in [4.69, 9.17) is 17.3 Å². The summed E-state index contributed by atoms with van der Waals surface area (Å²) in [4.78, 5) is 0. The zero-order valence-electron chi connectivity index (χ0n) is 8.56. The first-order valence-corrected chi connectivity index (χ1v) is 5.88. The molecule has 0 radical (unpaired) electrons. The molecule has 0 aliphatic heterocycles. The van der Waals surface area contributed by atoms with E-state index in [-0.39, 0.29) is 6.04 Å². The number of hydrogen-bond donors (Lipinski definition) is 1. The molecule has 2 rings (SSSR count). The minimum Gasteiger partial charge on any atom is -0.323 e. The van der Waals surface area contributed by atoms with Crippen LogP contribution in [0.3, 0.4) is 0 Å². The van der Waals surface area contributed by atoms with Gasteiger partial charge in [0.1, 0.15) is 0 Å². The van der Waals surface area contributed by atoms with Crippen LogP contribution in [0.15, 0.2) is 28.9 Å². The first-order valence-electron chi connectivity index (χ1n) is 4.71. The first kappa shape index (κ1) is 11.6. The molecule has 0 amide bonds. The molecular weight excluding hydrogens is 291 g/mol. The van der Waals surface area contributed by atoms with Crippen molar-refractivity contribution in [2.75, 3.05) is 0 Å². The summed E-state index contributed by atoms with van der Waals surface area (Å²) >= 11 is 9.46. The largest absolute Gasteiger partial charge is 0.323 e. The summed E-state index contributed by atoms with van der Waals surface area (Å²) in [6, 6.07) is 5.41. The van der Waals surface area contributed by atoms with Gasteiger partial charge in [-0.15, -0.1) is 5.10 Å². The Balaban J connectivity index is 2.46. The molecule has 1 unspecified atom stereocenters. The number of halogens is 2. The Bertz CT molecular complexity index is 509. The van der Waals surface area contributed by atoms with E-state index in [1.807, 2.05) is 19.1 Å². The van der Waals surface area contributed by atoms with Crippen molar-refractivity contribution in [2.45, 2.75) is 13.0 Å². The Morgan fingerprint density at radius 1 is 1.50 bits per heavy atom. The molecule has 1 atom stereocenters. The van der Waals surface area contributed by atoms with Gasteiger partial charge in [-0.3, -0.25) is 0 Å². The lowest BCUT2D eigenvalue weighted by atomic mass is 10.3. The van der Waals surface area contributed by atoms with Gasteiger partial charge in [0.15, 0.2) is 0 Å². The highest BCUT2D eigenvalue weighted by molar-refractivity contribution is 9.10. The molecule has 1 heterocycles. The molecule has 0 saturated heterocycles. The fourth-order valence-corrected chi connectivity index (χ4v) is 1.82. The van der Waals surface area contributed by atoms with Crippen LogP contribution in [0.5, 0.6) is 0 Å². The summed E-state index contributed by atoms with van der Waals surface area (Å²) in [6.45, 7) is 1.86. The van der Waals surface area contributed by atoms with Gasteiger partial charge in [-0.2, -0.15) is 0 Å². The van der Waals surface area contributed by atoms with Gasteiger partial charge in [0.25, 0.3) is 0 Å². The van der Waals surface area contributed by atoms with Crippen LogP contribution in [-0.4, -0.2) is 15.0 Å². The highest BCUT2D eigenvalue weighted by Crippen LogP contribution is 2.24. The molecule has 0 aliphatic rings. The first-order chi connectivity index (χ1) is 7.58. The van der Waals surface area contributed by atoms with E-state index in [9.17, 15) is 0 Å². The van der Waals surface area contributed by atoms with Crippen molar-refractivity contribution < 1.29 is 0 Å². The van der Waals surface area contributed by atoms with Gasteiger partial charge in [-0.05, 0) is 25.1 Å². The summed E-state index contributed by atoms with van der Waals surface area (Å²) in [5, 5.41) is 8.58. The minimum atomic E-state index is -0.139. The third-order valence-corrected chi connectivity index (χ3v) is 2.95. The molecule has 6 heteroatoms. The molecule has 1 aromatic heterocycles. The predicted octanol–water partition coefficient (Wildman–Crippen LogP) is 2.70. The standard InChI is InChI=1S/C10H10BrClN4/c1-6(13)9-5-16(15-14-9)10-4-7(11)2-3-8(10)12/h2-6H,13H2,1H3. The van der Waals surface area contributed by atoms with Gasteiger partial charge in [0.2, 0.25) is 0 Å². The van der Waals surface area contributed by atoms with Crippen LogP contribution in [0.4, 0.5) is 0 Å². The van der Waals surface area contributed by atoms with Gasteiger partial charge >= 0.3 is 0 Å². The molecule has 4 nitrogen and oxygen atoms in total. The van der Waals surface area contributed by atoms with E-state index in [0.29, 0.717) is 5.02 Å². The van der Waals surface area contributed by atoms with Crippen molar-refractivity contribution in [3.8, 4) is 5.69 Å². The van der Waals surface area contributed by atoms with Crippen molar-refractivity contribution in [1.29, 1.82) is 0 Å². The van der Waals surface area contributed by atoms with Crippen LogP contribution in [0.2, 0.25) is 5.02 Å². The molecular formula is C10H10BrClN4. The number of hydrogen-bond acceptors (Lipinski definition) is 3. The molecule has 1 aromatic carbocycles. The summed E-state index contributed by atoms with van der Waals surface area (Å²) < 4.78 is 2.55. The number of nitrogens with zero attached hydrogens (tertiary/aromatic N) is 3. The maximum absolute atomic E-state index is 6.08. The molecule has 0 aliphatic carbocycles. The Morgan fingerprint density at radius 3 is 2.88 bits per heavy atom. The van der Waals surface area contributed by atoms with Gasteiger partial charge < -0.3 is 5.73 Å². The third-order valence-electron chi connectivity index (χ3n) is 2.13. The van der Waals surface area contributed by atoms with E-state index in [0.717, 1.165) is 15.9 Å². The van der Waals surface area contributed by atoms with Crippen LogP contribution in [0.25, 0.3) is 5.69 Å². The lowest BCUT2D eigenvalue weighted by molar-refractivity contribution is 0.756. The molecule has 16 heavy (non-hydrogen) atoms. The maximum Gasteiger partial charge on any atom is 0.0995 e. The quantitative estimate of drug-likeness (QED) is 0.928. The van der Waals surface area contributed by atoms with Gasteiger partial charge in [-0.25, -0.2) is 4.68 Å². The molecule has 2 N–H and O–H groups in total. The van der Waals surface area contributed by atoms with Crippen LogP contribution in [0, 0.1) is 0 Å². The predicted molar refractivity (Wildman–Crippen MR) is 66.7 cm³/mol. The van der Waals surface area contributed by atoms with Gasteiger partial charge in [-0.1, -0.05) is 32.7 Å². The van der Waals surface area contributed by atoms with E-state index >= 15 is 0 Å². The Kier molecular flexibility index (Phi) is 3.28. The molecule has 0 saturated carbocycles. The fourth-order valence-electron chi connectivity index (χ4n) is 1.26. The third kappa shape index (κ3) is 2.26. The molecule has 84 valence electrons. The van der Waals surface area contributed by atoms with E-state index in [2.05, 4.69) is 26.2 Å². The van der Waals surface area contributed by atoms with Crippen LogP contribution >= 0.6 is 27.5 Å². The average molecular weight is 302 g/mol. The number of benzene rings is 1. The van der Waals surface area contributed by atoms with Crippen LogP contribution in [-0.2, 0) is 0 Å². The van der Waals surface area contributed by atoms with E-state index < -0.39 is 0 Å². The zero-order valence-corrected chi connectivity index (χ0v) is 10.9. The topological polar surface area (TPSA) is 56.7 Å². The van der Waals surface area contributed by atoms with E-state index in [1.165, 1.54) is 0 Å². The minimum absolute atomic E-state index is 0.139. The highest BCUT2D eigenvalue weighted by atomic mass is 79.9. The highest BCUT2D eigenvalue weighted by Gasteiger charge is 2.09. The Labute approximate surface area is 107 Å². The zero-order chi connectivity index (χ0) is 11.7. The second-order valence-corrected chi connectivity index (χ2v) is 4.80. The molecule has 0 fully saturated rings. The molecule has 2 aromatic rings. The summed E-state index contributed by atoms with van der Waals surface area (Å²) in [5.41, 5.74) is 7.22. The maximum atomic E-state index is 6.08. The van der Waals surface area contributed by atoms with Crippen LogP contribution in [0.1, 0.15) is 18.7 Å². The van der Waals surface area contributed by atoms with Crippen LogP contribution < -0.4 is 5.73 Å². The second kappa shape index (κ2) is 4.53. The van der Waals surface area contributed by atoms with Crippen molar-refractivity contribution in [2.24, 2.45) is 5.73 Å². The Morgan fingerprint density at radius 2 is 2.25 bits per heavy atom. The average Bonchev–Trinajstić information content (AvgIpc) is 2.70. The van der Waals surface area contributed by atoms with Crippen molar-refractivity contribution >= 4 is 27.5 Å². The monoisotopic (exact) mass is 300 g/mol. The van der Waals surface area contributed by atoms with Gasteiger partial charge in [0, 0.05) is 10.5 Å². The summed E-state index contributed by atoms with van der Waals surface area (Å²) in [6.07, 6.45) is 1.78. The summed E-state index contributed by atoms with van der Waals surface area (Å²) in [7, 11) is 0. The Hall–Kier alpha value is -0.910. The normalized spacial score (nSPS) is 12.8. The molecule has 0 bridgehead atoms. The van der Waals surface area contributed by atoms with Gasteiger partial charge in [0.05, 0.1) is 22.6 Å². The SMILES string of the molecule is CC(N)c1cn(-c2cc(Br)ccc2Cl)nn1. The molecule has 0 spiro atoms. The smallest absolute Gasteiger partial charge is 0.0995 e. The summed E-state index contributed by atoms with van der Waals surface area (Å²) in [5.74, 6) is 0. The van der Waals surface area contributed by atoms with E-state index in [1.54, 1.807) is 16.9 Å². The lowest BCUT2D eigenvalue weighted by Crippen LogP contribution is -2.04. The fraction of sp³-hybridized carbons (Fsp3) is 0.200. The number of aromatic nitrogens is 3. The second-order valence-electron chi connectivity index (χ2n) is 3.47. The number of rotatable bonds is 2. The van der Waals surface area contributed by atoms with Crippen molar-refractivity contribution in [1.82, 2.24) is 15.0 Å². The van der Waals surface area contributed by atoms with Crippen molar-refractivity contribution in [3.05, 3.63) is 39.6 Å².